The van der Waals surface area contributed by atoms with Gasteiger partial charge in [-0.1, -0.05) is 18.2 Å². The second kappa shape index (κ2) is 4.84. The van der Waals surface area contributed by atoms with Crippen molar-refractivity contribution in [3.63, 3.8) is 0 Å². The summed E-state index contributed by atoms with van der Waals surface area (Å²) in [6.07, 6.45) is 0. The first-order valence-electron chi connectivity index (χ1n) is 5.36. The molecular weight excluding hydrogens is 268 g/mol. The zero-order chi connectivity index (χ0) is 14.9. The molecule has 8 heteroatoms. The number of nitrogens with zero attached hydrogens (tertiary/aromatic N) is 2. The lowest BCUT2D eigenvalue weighted by molar-refractivity contribution is -0.386. The molecule has 0 radical (unpaired) electrons. The Bertz CT molecular complexity index is 713. The van der Waals surface area contributed by atoms with E-state index in [4.69, 9.17) is 0 Å². The Morgan fingerprint density at radius 3 is 2.15 bits per heavy atom. The summed E-state index contributed by atoms with van der Waals surface area (Å²) in [7, 11) is 0. The Balaban J connectivity index is 2.63. The largest absolute Gasteiger partial charge is 0.502 e. The standard InChI is InChI=1S/C12H8N2O6/c15-11-5-4-7(6-10(11)14(19)20)8-2-1-3-9(12(8)16)13(17)18/h1-6,15-16H. The van der Waals surface area contributed by atoms with Crippen molar-refractivity contribution < 1.29 is 20.1 Å². The van der Waals surface area contributed by atoms with Crippen LogP contribution in [0.1, 0.15) is 0 Å². The second-order valence-corrected chi connectivity index (χ2v) is 3.89. The predicted molar refractivity (Wildman–Crippen MR) is 68.5 cm³/mol. The average Bonchev–Trinajstić information content (AvgIpc) is 2.39. The first kappa shape index (κ1) is 13.3. The van der Waals surface area contributed by atoms with Crippen molar-refractivity contribution >= 4 is 11.4 Å². The molecule has 0 atom stereocenters. The summed E-state index contributed by atoms with van der Waals surface area (Å²) >= 11 is 0. The van der Waals surface area contributed by atoms with Crippen LogP contribution in [0.15, 0.2) is 36.4 Å². The van der Waals surface area contributed by atoms with E-state index in [0.717, 1.165) is 18.2 Å². The minimum Gasteiger partial charge on any atom is -0.502 e. The summed E-state index contributed by atoms with van der Waals surface area (Å²) < 4.78 is 0. The molecule has 0 aromatic heterocycles. The van der Waals surface area contributed by atoms with Gasteiger partial charge in [0.15, 0.2) is 5.75 Å². The monoisotopic (exact) mass is 276 g/mol. The minimum absolute atomic E-state index is 0.0716. The normalized spacial score (nSPS) is 10.2. The molecule has 102 valence electrons. The van der Waals surface area contributed by atoms with E-state index >= 15 is 0 Å². The second-order valence-electron chi connectivity index (χ2n) is 3.89. The molecule has 8 nitrogen and oxygen atoms in total. The predicted octanol–water partition coefficient (Wildman–Crippen LogP) is 2.58. The molecule has 2 rings (SSSR count). The number of para-hydroxylation sites is 1. The molecule has 0 aliphatic carbocycles. The Labute approximate surface area is 111 Å². The molecule has 0 heterocycles. The lowest BCUT2D eigenvalue weighted by Crippen LogP contribution is -1.92. The molecule has 0 unspecified atom stereocenters. The fourth-order valence-electron chi connectivity index (χ4n) is 1.75. The molecule has 0 spiro atoms. The molecule has 2 N–H and O–H groups in total. The number of nitro benzene ring substituents is 2. The van der Waals surface area contributed by atoms with Crippen molar-refractivity contribution in [2.75, 3.05) is 0 Å². The van der Waals surface area contributed by atoms with Gasteiger partial charge in [-0.05, 0) is 11.6 Å². The number of hydrogen-bond donors (Lipinski definition) is 2. The maximum Gasteiger partial charge on any atom is 0.311 e. The van der Waals surface area contributed by atoms with E-state index in [1.807, 2.05) is 0 Å². The summed E-state index contributed by atoms with van der Waals surface area (Å²) in [5.41, 5.74) is -0.787. The molecule has 0 saturated carbocycles. The third kappa shape index (κ3) is 2.21. The summed E-state index contributed by atoms with van der Waals surface area (Å²) in [5, 5.41) is 40.7. The zero-order valence-corrected chi connectivity index (χ0v) is 9.89. The summed E-state index contributed by atoms with van der Waals surface area (Å²) in [6, 6.07) is 7.30. The summed E-state index contributed by atoms with van der Waals surface area (Å²) in [4.78, 5) is 19.9. The highest BCUT2D eigenvalue weighted by molar-refractivity contribution is 5.77. The Morgan fingerprint density at radius 2 is 1.55 bits per heavy atom. The SMILES string of the molecule is O=[N+]([O-])c1cc(-c2cccc([N+](=O)[O-])c2O)ccc1O. The van der Waals surface area contributed by atoms with Crippen LogP contribution in [0.3, 0.4) is 0 Å². The third-order valence-corrected chi connectivity index (χ3v) is 2.69. The van der Waals surface area contributed by atoms with Crippen LogP contribution in [0.2, 0.25) is 0 Å². The van der Waals surface area contributed by atoms with Crippen molar-refractivity contribution in [2.24, 2.45) is 0 Å². The smallest absolute Gasteiger partial charge is 0.311 e. The molecule has 0 fully saturated rings. The number of hydrogen-bond acceptors (Lipinski definition) is 6. The Kier molecular flexibility index (Phi) is 3.21. The fourth-order valence-corrected chi connectivity index (χ4v) is 1.75. The van der Waals surface area contributed by atoms with Gasteiger partial charge in [0.25, 0.3) is 0 Å². The van der Waals surface area contributed by atoms with Gasteiger partial charge in [0.2, 0.25) is 5.75 Å². The third-order valence-electron chi connectivity index (χ3n) is 2.69. The first-order valence-corrected chi connectivity index (χ1v) is 5.36. The van der Waals surface area contributed by atoms with Gasteiger partial charge >= 0.3 is 11.4 Å². The van der Waals surface area contributed by atoms with Gasteiger partial charge in [-0.25, -0.2) is 0 Å². The zero-order valence-electron chi connectivity index (χ0n) is 9.89. The average molecular weight is 276 g/mol. The summed E-state index contributed by atoms with van der Waals surface area (Å²) in [6.45, 7) is 0. The maximum absolute atomic E-state index is 10.7. The van der Waals surface area contributed by atoms with E-state index in [9.17, 15) is 30.4 Å². The van der Waals surface area contributed by atoms with Gasteiger partial charge in [-0.2, -0.15) is 0 Å². The summed E-state index contributed by atoms with van der Waals surface area (Å²) in [5.74, 6) is -1.11. The van der Waals surface area contributed by atoms with Crippen molar-refractivity contribution in [3.05, 3.63) is 56.6 Å². The van der Waals surface area contributed by atoms with Crippen LogP contribution in [0.25, 0.3) is 11.1 Å². The lowest BCUT2D eigenvalue weighted by atomic mass is 10.0. The molecule has 2 aromatic rings. The highest BCUT2D eigenvalue weighted by Crippen LogP contribution is 2.39. The van der Waals surface area contributed by atoms with Crippen LogP contribution in [-0.2, 0) is 0 Å². The van der Waals surface area contributed by atoms with Crippen LogP contribution in [0.4, 0.5) is 11.4 Å². The number of phenolic OH excluding ortho intramolecular Hbond substituents is 2. The van der Waals surface area contributed by atoms with Gasteiger partial charge < -0.3 is 10.2 Å². The van der Waals surface area contributed by atoms with E-state index in [-0.39, 0.29) is 11.1 Å². The van der Waals surface area contributed by atoms with Gasteiger partial charge in [0, 0.05) is 17.7 Å². The van der Waals surface area contributed by atoms with Crippen molar-refractivity contribution in [1.82, 2.24) is 0 Å². The van der Waals surface area contributed by atoms with Crippen LogP contribution in [-0.4, -0.2) is 20.1 Å². The highest BCUT2D eigenvalue weighted by Gasteiger charge is 2.20. The molecule has 2 aromatic carbocycles. The van der Waals surface area contributed by atoms with Gasteiger partial charge in [0.1, 0.15) is 0 Å². The lowest BCUT2D eigenvalue weighted by Gasteiger charge is -2.05. The Morgan fingerprint density at radius 1 is 0.900 bits per heavy atom. The number of phenols is 2. The molecule has 0 aliphatic heterocycles. The van der Waals surface area contributed by atoms with Gasteiger partial charge in [-0.3, -0.25) is 20.2 Å². The highest BCUT2D eigenvalue weighted by atomic mass is 16.6. The van der Waals surface area contributed by atoms with Gasteiger partial charge in [-0.15, -0.1) is 0 Å². The van der Waals surface area contributed by atoms with E-state index in [1.165, 1.54) is 18.2 Å². The first-order chi connectivity index (χ1) is 9.41. The molecule has 0 aliphatic rings. The molecule has 0 saturated heterocycles. The number of nitro groups is 2. The number of benzene rings is 2. The molecule has 0 bridgehead atoms. The van der Waals surface area contributed by atoms with Crippen molar-refractivity contribution in [2.45, 2.75) is 0 Å². The van der Waals surface area contributed by atoms with Crippen molar-refractivity contribution in [1.29, 1.82) is 0 Å². The van der Waals surface area contributed by atoms with E-state index in [1.54, 1.807) is 0 Å². The minimum atomic E-state index is -0.784. The molecule has 20 heavy (non-hydrogen) atoms. The quantitative estimate of drug-likeness (QED) is 0.655. The van der Waals surface area contributed by atoms with Crippen molar-refractivity contribution in [3.8, 4) is 22.6 Å². The van der Waals surface area contributed by atoms with E-state index in [0.29, 0.717) is 0 Å². The number of aromatic hydroxyl groups is 2. The van der Waals surface area contributed by atoms with E-state index in [2.05, 4.69) is 0 Å². The topological polar surface area (TPSA) is 127 Å². The van der Waals surface area contributed by atoms with Crippen LogP contribution in [0, 0.1) is 20.2 Å². The van der Waals surface area contributed by atoms with E-state index < -0.39 is 32.7 Å². The van der Waals surface area contributed by atoms with Crippen LogP contribution in [0.5, 0.6) is 11.5 Å². The van der Waals surface area contributed by atoms with Crippen LogP contribution >= 0.6 is 0 Å². The van der Waals surface area contributed by atoms with Gasteiger partial charge in [0.05, 0.1) is 9.85 Å². The number of rotatable bonds is 3. The van der Waals surface area contributed by atoms with Crippen LogP contribution < -0.4 is 0 Å². The Hall–Kier alpha value is -3.16. The maximum atomic E-state index is 10.7. The molecular formula is C12H8N2O6. The molecule has 0 amide bonds. The fraction of sp³-hybridized carbons (Fsp3) is 0.